The molecule has 1 aromatic heterocycles. The van der Waals surface area contributed by atoms with Crippen LogP contribution in [0, 0.1) is 9.49 Å². The first-order chi connectivity index (χ1) is 12.0. The molecule has 132 valence electrons. The highest BCUT2D eigenvalue weighted by molar-refractivity contribution is 14.1. The fourth-order valence-corrected chi connectivity index (χ4v) is 3.67. The molecule has 1 amide bonds. The second-order valence-corrected chi connectivity index (χ2v) is 7.36. The Labute approximate surface area is 159 Å². The largest absolute Gasteiger partial charge is 0.481 e. The number of halogens is 1. The van der Waals surface area contributed by atoms with Crippen molar-refractivity contribution in [3.8, 4) is 5.75 Å². The number of aromatic nitrogens is 1. The van der Waals surface area contributed by atoms with Gasteiger partial charge in [0.25, 0.3) is 5.91 Å². The topological polar surface area (TPSA) is 79.7 Å². The average molecular weight is 454 g/mol. The van der Waals surface area contributed by atoms with Crippen molar-refractivity contribution in [2.45, 2.75) is 25.9 Å². The highest BCUT2D eigenvalue weighted by Gasteiger charge is 2.30. The second-order valence-electron chi connectivity index (χ2n) is 6.19. The fraction of sp³-hybridized carbons (Fsp3) is 0.389. The van der Waals surface area contributed by atoms with Crippen molar-refractivity contribution >= 4 is 45.4 Å². The van der Waals surface area contributed by atoms with Crippen LogP contribution in [0.3, 0.4) is 0 Å². The Kier molecular flexibility index (Phi) is 5.41. The van der Waals surface area contributed by atoms with Crippen LogP contribution in [0.1, 0.15) is 19.8 Å². The number of aliphatic carboxylic acids is 1. The molecule has 0 spiro atoms. The molecule has 1 aliphatic heterocycles. The monoisotopic (exact) mass is 454 g/mol. The lowest BCUT2D eigenvalue weighted by molar-refractivity contribution is -0.147. The molecular formula is C18H19IN2O4. The zero-order valence-corrected chi connectivity index (χ0v) is 16.0. The van der Waals surface area contributed by atoms with E-state index in [1.807, 2.05) is 24.3 Å². The van der Waals surface area contributed by atoms with Crippen molar-refractivity contribution in [3.05, 3.63) is 34.0 Å². The number of hydrogen-bond donors (Lipinski definition) is 1. The van der Waals surface area contributed by atoms with Crippen LogP contribution in [-0.2, 0) is 9.59 Å². The van der Waals surface area contributed by atoms with Gasteiger partial charge < -0.3 is 14.7 Å². The van der Waals surface area contributed by atoms with Crippen LogP contribution in [0.2, 0.25) is 0 Å². The Morgan fingerprint density at radius 3 is 2.96 bits per heavy atom. The van der Waals surface area contributed by atoms with Gasteiger partial charge >= 0.3 is 5.97 Å². The van der Waals surface area contributed by atoms with Crippen molar-refractivity contribution in [3.63, 3.8) is 0 Å². The molecule has 0 bridgehead atoms. The van der Waals surface area contributed by atoms with E-state index in [2.05, 4.69) is 27.6 Å². The van der Waals surface area contributed by atoms with E-state index >= 15 is 0 Å². The van der Waals surface area contributed by atoms with Gasteiger partial charge in [-0.2, -0.15) is 0 Å². The second kappa shape index (κ2) is 7.55. The molecule has 7 heteroatoms. The Morgan fingerprint density at radius 1 is 1.40 bits per heavy atom. The molecule has 1 saturated heterocycles. The zero-order chi connectivity index (χ0) is 18.0. The van der Waals surface area contributed by atoms with Crippen molar-refractivity contribution in [1.29, 1.82) is 0 Å². The van der Waals surface area contributed by atoms with Crippen LogP contribution in [0.25, 0.3) is 10.9 Å². The number of fused-ring (bicyclic) bond motifs is 1. The van der Waals surface area contributed by atoms with Crippen LogP contribution in [0.5, 0.6) is 5.75 Å². The molecule has 25 heavy (non-hydrogen) atoms. The van der Waals surface area contributed by atoms with E-state index in [-0.39, 0.29) is 12.5 Å². The highest BCUT2D eigenvalue weighted by atomic mass is 127. The van der Waals surface area contributed by atoms with Crippen molar-refractivity contribution in [2.75, 3.05) is 13.1 Å². The SMILES string of the molecule is CC(Oc1ccc2c(I)ccnc2c1)C(=O)N1CCCC(C(=O)O)C1. The van der Waals surface area contributed by atoms with Crippen LogP contribution in [0.4, 0.5) is 0 Å². The minimum absolute atomic E-state index is 0.179. The molecule has 1 fully saturated rings. The number of hydrogen-bond acceptors (Lipinski definition) is 4. The lowest BCUT2D eigenvalue weighted by Gasteiger charge is -2.32. The van der Waals surface area contributed by atoms with E-state index in [0.717, 1.165) is 14.5 Å². The number of carbonyl (C=O) groups excluding carboxylic acids is 1. The number of carboxylic acids is 1. The zero-order valence-electron chi connectivity index (χ0n) is 13.8. The summed E-state index contributed by atoms with van der Waals surface area (Å²) in [7, 11) is 0. The summed E-state index contributed by atoms with van der Waals surface area (Å²) in [6.45, 7) is 2.52. The number of piperidine rings is 1. The molecule has 2 unspecified atom stereocenters. The van der Waals surface area contributed by atoms with E-state index in [0.29, 0.717) is 25.1 Å². The van der Waals surface area contributed by atoms with Crippen LogP contribution in [-0.4, -0.2) is 46.1 Å². The third-order valence-corrected chi connectivity index (χ3v) is 5.34. The molecule has 0 aliphatic carbocycles. The highest BCUT2D eigenvalue weighted by Crippen LogP contribution is 2.24. The first-order valence-corrected chi connectivity index (χ1v) is 9.26. The maximum absolute atomic E-state index is 12.6. The summed E-state index contributed by atoms with van der Waals surface area (Å²) in [5.74, 6) is -0.936. The maximum atomic E-state index is 12.6. The van der Waals surface area contributed by atoms with Gasteiger partial charge in [-0.05, 0) is 60.6 Å². The molecule has 2 atom stereocenters. The molecule has 1 N–H and O–H groups in total. The standard InChI is InChI=1S/C18H19IN2O4/c1-11(17(22)21-8-2-3-12(10-21)18(23)24)25-13-4-5-14-15(19)6-7-20-16(14)9-13/h4-7,9,11-12H,2-3,8,10H2,1H3,(H,23,24). The van der Waals surface area contributed by atoms with Gasteiger partial charge in [-0.3, -0.25) is 14.6 Å². The lowest BCUT2D eigenvalue weighted by atomic mass is 9.98. The Bertz CT molecular complexity index is 811. The van der Waals surface area contributed by atoms with Gasteiger partial charge in [0.1, 0.15) is 5.75 Å². The van der Waals surface area contributed by atoms with Crippen molar-refractivity contribution in [1.82, 2.24) is 9.88 Å². The number of likely N-dealkylation sites (tertiary alicyclic amines) is 1. The summed E-state index contributed by atoms with van der Waals surface area (Å²) in [4.78, 5) is 29.7. The van der Waals surface area contributed by atoms with Crippen LogP contribution >= 0.6 is 22.6 Å². The van der Waals surface area contributed by atoms with E-state index < -0.39 is 18.0 Å². The quantitative estimate of drug-likeness (QED) is 0.719. The third-order valence-electron chi connectivity index (χ3n) is 4.40. The Morgan fingerprint density at radius 2 is 2.20 bits per heavy atom. The predicted molar refractivity (Wildman–Crippen MR) is 101 cm³/mol. The van der Waals surface area contributed by atoms with Gasteiger partial charge in [0.05, 0.1) is 11.4 Å². The van der Waals surface area contributed by atoms with E-state index in [4.69, 9.17) is 9.84 Å². The molecule has 3 rings (SSSR count). The normalized spacial score (nSPS) is 18.8. The van der Waals surface area contributed by atoms with Gasteiger partial charge in [0, 0.05) is 34.3 Å². The Balaban J connectivity index is 1.70. The predicted octanol–water partition coefficient (Wildman–Crippen LogP) is 2.93. The summed E-state index contributed by atoms with van der Waals surface area (Å²) in [6.07, 6.45) is 2.38. The van der Waals surface area contributed by atoms with Crippen LogP contribution in [0.15, 0.2) is 30.5 Å². The Hall–Kier alpha value is -1.90. The number of nitrogens with zero attached hydrogens (tertiary/aromatic N) is 2. The van der Waals surface area contributed by atoms with Crippen molar-refractivity contribution < 1.29 is 19.4 Å². The minimum atomic E-state index is -0.846. The molecule has 1 aliphatic rings. The fourth-order valence-electron chi connectivity index (χ4n) is 3.06. The number of amides is 1. The van der Waals surface area contributed by atoms with Gasteiger partial charge in [-0.15, -0.1) is 0 Å². The lowest BCUT2D eigenvalue weighted by Crippen LogP contribution is -2.47. The first-order valence-electron chi connectivity index (χ1n) is 8.18. The third kappa shape index (κ3) is 4.02. The minimum Gasteiger partial charge on any atom is -0.481 e. The average Bonchev–Trinajstić information content (AvgIpc) is 2.61. The molecular weight excluding hydrogens is 435 g/mol. The molecule has 0 radical (unpaired) electrons. The first kappa shape index (κ1) is 17.9. The molecule has 2 aromatic rings. The number of benzene rings is 1. The van der Waals surface area contributed by atoms with Gasteiger partial charge in [-0.1, -0.05) is 0 Å². The summed E-state index contributed by atoms with van der Waals surface area (Å²) in [6, 6.07) is 7.51. The molecule has 2 heterocycles. The maximum Gasteiger partial charge on any atom is 0.308 e. The molecule has 6 nitrogen and oxygen atoms in total. The number of pyridine rings is 1. The van der Waals surface area contributed by atoms with Gasteiger partial charge in [0.2, 0.25) is 0 Å². The van der Waals surface area contributed by atoms with E-state index in [1.165, 1.54) is 0 Å². The number of ether oxygens (including phenoxy) is 1. The number of carbonyl (C=O) groups is 2. The van der Waals surface area contributed by atoms with Gasteiger partial charge in [0.15, 0.2) is 6.10 Å². The number of carboxylic acid groups (broad SMARTS) is 1. The summed E-state index contributed by atoms with van der Waals surface area (Å²) < 4.78 is 6.90. The van der Waals surface area contributed by atoms with E-state index in [1.54, 1.807) is 18.0 Å². The van der Waals surface area contributed by atoms with Crippen molar-refractivity contribution in [2.24, 2.45) is 5.92 Å². The smallest absolute Gasteiger partial charge is 0.308 e. The summed E-state index contributed by atoms with van der Waals surface area (Å²) >= 11 is 2.25. The number of rotatable bonds is 4. The van der Waals surface area contributed by atoms with Gasteiger partial charge in [-0.25, -0.2) is 0 Å². The summed E-state index contributed by atoms with van der Waals surface area (Å²) in [5, 5.41) is 10.2. The summed E-state index contributed by atoms with van der Waals surface area (Å²) in [5.41, 5.74) is 0.813. The molecule has 1 aromatic carbocycles. The van der Waals surface area contributed by atoms with Crippen LogP contribution < -0.4 is 4.74 Å². The molecule has 0 saturated carbocycles. The van der Waals surface area contributed by atoms with E-state index in [9.17, 15) is 9.59 Å².